The summed E-state index contributed by atoms with van der Waals surface area (Å²) in [6, 6.07) is 10.8. The van der Waals surface area contributed by atoms with Gasteiger partial charge in [-0.1, -0.05) is 44.2 Å². The number of rotatable bonds is 11. The summed E-state index contributed by atoms with van der Waals surface area (Å²) in [5, 5.41) is 6.91. The Morgan fingerprint density at radius 2 is 1.89 bits per heavy atom. The van der Waals surface area contributed by atoms with Gasteiger partial charge in [-0.3, -0.25) is 9.89 Å². The predicted molar refractivity (Wildman–Crippen MR) is 116 cm³/mol. The Morgan fingerprint density at radius 1 is 1.14 bits per heavy atom. The Bertz CT molecular complexity index is 545. The number of hydrogen-bond donors (Lipinski definition) is 2. The second kappa shape index (κ2) is 13.5. The van der Waals surface area contributed by atoms with Gasteiger partial charge in [0.2, 0.25) is 0 Å². The number of benzene rings is 1. The molecule has 0 aromatic heterocycles. The van der Waals surface area contributed by atoms with Crippen molar-refractivity contribution in [2.45, 2.75) is 39.3 Å². The zero-order valence-corrected chi connectivity index (χ0v) is 17.8. The lowest BCUT2D eigenvalue weighted by atomic mass is 10.0. The SMILES string of the molecule is CN=C(NCCCCOCc1ccccc1)NCC(C(C)C)N1CCOCC1. The van der Waals surface area contributed by atoms with Gasteiger partial charge in [-0.05, 0) is 24.3 Å². The second-order valence-corrected chi connectivity index (χ2v) is 7.58. The standard InChI is InChI=1S/C22H38N4O2/c1-19(2)21(26-12-15-27-16-13-26)17-25-22(23-3)24-11-7-8-14-28-18-20-9-5-4-6-10-20/h4-6,9-10,19,21H,7-8,11-18H2,1-3H3,(H2,23,24,25). The van der Waals surface area contributed by atoms with Crippen molar-refractivity contribution < 1.29 is 9.47 Å². The van der Waals surface area contributed by atoms with E-state index in [-0.39, 0.29) is 0 Å². The summed E-state index contributed by atoms with van der Waals surface area (Å²) in [7, 11) is 1.83. The van der Waals surface area contributed by atoms with Gasteiger partial charge in [-0.2, -0.15) is 0 Å². The summed E-state index contributed by atoms with van der Waals surface area (Å²) in [5.74, 6) is 1.47. The fourth-order valence-electron chi connectivity index (χ4n) is 3.42. The highest BCUT2D eigenvalue weighted by Gasteiger charge is 2.23. The van der Waals surface area contributed by atoms with E-state index in [9.17, 15) is 0 Å². The van der Waals surface area contributed by atoms with Crippen molar-refractivity contribution in [2.75, 3.05) is 53.0 Å². The third kappa shape index (κ3) is 8.59. The quantitative estimate of drug-likeness (QED) is 0.345. The Labute approximate surface area is 170 Å². The lowest BCUT2D eigenvalue weighted by molar-refractivity contribution is 0.00752. The van der Waals surface area contributed by atoms with Gasteiger partial charge in [0.15, 0.2) is 5.96 Å². The van der Waals surface area contributed by atoms with Crippen LogP contribution in [0.25, 0.3) is 0 Å². The molecule has 2 N–H and O–H groups in total. The van der Waals surface area contributed by atoms with Crippen LogP contribution in [0.15, 0.2) is 35.3 Å². The first kappa shape index (κ1) is 22.7. The van der Waals surface area contributed by atoms with Crippen LogP contribution in [0.2, 0.25) is 0 Å². The summed E-state index contributed by atoms with van der Waals surface area (Å²) in [4.78, 5) is 6.88. The first-order valence-electron chi connectivity index (χ1n) is 10.6. The lowest BCUT2D eigenvalue weighted by Crippen LogP contribution is -2.52. The number of hydrogen-bond acceptors (Lipinski definition) is 4. The number of aliphatic imine (C=N–C) groups is 1. The molecule has 1 heterocycles. The third-order valence-corrected chi connectivity index (χ3v) is 5.11. The molecule has 1 aliphatic rings. The highest BCUT2D eigenvalue weighted by Crippen LogP contribution is 2.12. The van der Waals surface area contributed by atoms with Crippen molar-refractivity contribution in [3.05, 3.63) is 35.9 Å². The molecule has 0 radical (unpaired) electrons. The maximum absolute atomic E-state index is 5.74. The lowest BCUT2D eigenvalue weighted by Gasteiger charge is -2.37. The van der Waals surface area contributed by atoms with Crippen molar-refractivity contribution in [2.24, 2.45) is 10.9 Å². The van der Waals surface area contributed by atoms with Crippen LogP contribution in [0.3, 0.4) is 0 Å². The second-order valence-electron chi connectivity index (χ2n) is 7.58. The highest BCUT2D eigenvalue weighted by molar-refractivity contribution is 5.79. The number of nitrogens with zero attached hydrogens (tertiary/aromatic N) is 2. The number of morpholine rings is 1. The number of guanidine groups is 1. The Hall–Kier alpha value is -1.63. The minimum Gasteiger partial charge on any atom is -0.379 e. The fourth-order valence-corrected chi connectivity index (χ4v) is 3.42. The zero-order chi connectivity index (χ0) is 20.0. The molecule has 6 nitrogen and oxygen atoms in total. The third-order valence-electron chi connectivity index (χ3n) is 5.11. The van der Waals surface area contributed by atoms with Crippen LogP contribution >= 0.6 is 0 Å². The Kier molecular flexibility index (Phi) is 10.9. The molecule has 28 heavy (non-hydrogen) atoms. The van der Waals surface area contributed by atoms with Crippen molar-refractivity contribution in [1.82, 2.24) is 15.5 Å². The average molecular weight is 391 g/mol. The normalized spacial score (nSPS) is 16.9. The van der Waals surface area contributed by atoms with E-state index < -0.39 is 0 Å². The molecule has 1 fully saturated rings. The van der Waals surface area contributed by atoms with Crippen molar-refractivity contribution >= 4 is 5.96 Å². The molecule has 2 rings (SSSR count). The maximum Gasteiger partial charge on any atom is 0.191 e. The predicted octanol–water partition coefficient (Wildman–Crippen LogP) is 2.51. The van der Waals surface area contributed by atoms with Gasteiger partial charge in [0.1, 0.15) is 0 Å². The largest absolute Gasteiger partial charge is 0.379 e. The van der Waals surface area contributed by atoms with E-state index >= 15 is 0 Å². The molecular weight excluding hydrogens is 352 g/mol. The molecular formula is C22H38N4O2. The number of unbranched alkanes of at least 4 members (excludes halogenated alkanes) is 1. The molecule has 1 aliphatic heterocycles. The number of ether oxygens (including phenoxy) is 2. The van der Waals surface area contributed by atoms with Crippen LogP contribution in [0.5, 0.6) is 0 Å². The summed E-state index contributed by atoms with van der Waals surface area (Å²) < 4.78 is 11.2. The van der Waals surface area contributed by atoms with Gasteiger partial charge in [0.25, 0.3) is 0 Å². The summed E-state index contributed by atoms with van der Waals surface area (Å²) >= 11 is 0. The van der Waals surface area contributed by atoms with Gasteiger partial charge in [0.05, 0.1) is 19.8 Å². The number of nitrogens with one attached hydrogen (secondary N) is 2. The van der Waals surface area contributed by atoms with E-state index in [0.717, 1.165) is 64.8 Å². The molecule has 1 saturated heterocycles. The van der Waals surface area contributed by atoms with Crippen LogP contribution in [-0.4, -0.2) is 69.9 Å². The van der Waals surface area contributed by atoms with Gasteiger partial charge >= 0.3 is 0 Å². The van der Waals surface area contributed by atoms with E-state index in [1.54, 1.807) is 0 Å². The van der Waals surface area contributed by atoms with E-state index in [0.29, 0.717) is 18.6 Å². The van der Waals surface area contributed by atoms with Gasteiger partial charge in [0, 0.05) is 45.9 Å². The van der Waals surface area contributed by atoms with Crippen molar-refractivity contribution in [3.63, 3.8) is 0 Å². The van der Waals surface area contributed by atoms with Gasteiger partial charge in [-0.25, -0.2) is 0 Å². The topological polar surface area (TPSA) is 58.1 Å². The van der Waals surface area contributed by atoms with Crippen molar-refractivity contribution in [3.8, 4) is 0 Å². The van der Waals surface area contributed by atoms with Crippen LogP contribution in [-0.2, 0) is 16.1 Å². The van der Waals surface area contributed by atoms with E-state index in [4.69, 9.17) is 9.47 Å². The smallest absolute Gasteiger partial charge is 0.191 e. The van der Waals surface area contributed by atoms with Crippen LogP contribution < -0.4 is 10.6 Å². The minimum atomic E-state index is 0.494. The molecule has 1 atom stereocenters. The molecule has 6 heteroatoms. The molecule has 1 aromatic carbocycles. The first-order chi connectivity index (χ1) is 13.7. The van der Waals surface area contributed by atoms with Crippen molar-refractivity contribution in [1.29, 1.82) is 0 Å². The van der Waals surface area contributed by atoms with E-state index in [1.807, 2.05) is 25.2 Å². The molecule has 1 aromatic rings. The van der Waals surface area contributed by atoms with Gasteiger partial charge in [-0.15, -0.1) is 0 Å². The van der Waals surface area contributed by atoms with Crippen LogP contribution in [0.1, 0.15) is 32.3 Å². The Balaban J connectivity index is 1.57. The molecule has 0 saturated carbocycles. The summed E-state index contributed by atoms with van der Waals surface area (Å²) in [5.41, 5.74) is 1.23. The van der Waals surface area contributed by atoms with Crippen LogP contribution in [0.4, 0.5) is 0 Å². The first-order valence-corrected chi connectivity index (χ1v) is 10.6. The highest BCUT2D eigenvalue weighted by atomic mass is 16.5. The molecule has 158 valence electrons. The zero-order valence-electron chi connectivity index (χ0n) is 17.8. The molecule has 0 aliphatic carbocycles. The molecule has 0 spiro atoms. The molecule has 0 bridgehead atoms. The van der Waals surface area contributed by atoms with E-state index in [2.05, 4.69) is 46.5 Å². The minimum absolute atomic E-state index is 0.494. The van der Waals surface area contributed by atoms with Gasteiger partial charge < -0.3 is 20.1 Å². The Morgan fingerprint density at radius 3 is 2.57 bits per heavy atom. The average Bonchev–Trinajstić information content (AvgIpc) is 2.73. The van der Waals surface area contributed by atoms with E-state index in [1.165, 1.54) is 5.56 Å². The van der Waals surface area contributed by atoms with Crippen LogP contribution in [0, 0.1) is 5.92 Å². The maximum atomic E-state index is 5.74. The molecule has 0 amide bonds. The monoisotopic (exact) mass is 390 g/mol. The molecule has 1 unspecified atom stereocenters. The summed E-state index contributed by atoms with van der Waals surface area (Å²) in [6.07, 6.45) is 2.10. The summed E-state index contributed by atoms with van der Waals surface area (Å²) in [6.45, 7) is 11.5. The fraction of sp³-hybridized carbons (Fsp3) is 0.682.